The van der Waals surface area contributed by atoms with Crippen LogP contribution in [0.4, 0.5) is 13.2 Å². The summed E-state index contributed by atoms with van der Waals surface area (Å²) in [6.07, 6.45) is 17.3. The summed E-state index contributed by atoms with van der Waals surface area (Å²) < 4.78 is 41.0. The molecular weight excluding hydrogens is 409 g/mol. The normalized spacial score (nSPS) is 26.8. The first-order valence-electron chi connectivity index (χ1n) is 13.3. The molecule has 0 aromatic heterocycles. The lowest BCUT2D eigenvalue weighted by Crippen LogP contribution is -2.25. The standard InChI is InChI=1S/C28H43F3O/c1-2-3-4-5-6-7-8-9-22-10-12-23(13-11-22)24-14-16-25(17-15-24)26-18-20-27(21-19-26)32-28(29,30)31/h18-25H,2-17H2,1H3/t22-,23-,24-,25-. The number of alkyl halides is 3. The molecule has 32 heavy (non-hydrogen) atoms. The fourth-order valence-electron chi connectivity index (χ4n) is 6.20. The minimum absolute atomic E-state index is 0.122. The molecule has 182 valence electrons. The summed E-state index contributed by atoms with van der Waals surface area (Å²) in [6.45, 7) is 2.28. The summed E-state index contributed by atoms with van der Waals surface area (Å²) in [5.74, 6) is 3.10. The van der Waals surface area contributed by atoms with Gasteiger partial charge in [0.2, 0.25) is 0 Å². The van der Waals surface area contributed by atoms with E-state index in [4.69, 9.17) is 0 Å². The highest BCUT2D eigenvalue weighted by Gasteiger charge is 2.32. The van der Waals surface area contributed by atoms with Gasteiger partial charge in [-0.05, 0) is 79.9 Å². The van der Waals surface area contributed by atoms with E-state index in [0.717, 1.165) is 23.3 Å². The Bertz CT molecular complexity index is 623. The smallest absolute Gasteiger partial charge is 0.406 e. The Hall–Kier alpha value is -1.19. The van der Waals surface area contributed by atoms with Crippen LogP contribution in [0.3, 0.4) is 0 Å². The molecule has 0 saturated heterocycles. The van der Waals surface area contributed by atoms with Crippen LogP contribution in [-0.2, 0) is 0 Å². The van der Waals surface area contributed by atoms with Gasteiger partial charge in [0, 0.05) is 0 Å². The molecule has 4 heteroatoms. The topological polar surface area (TPSA) is 9.23 Å². The average Bonchev–Trinajstić information content (AvgIpc) is 2.79. The first kappa shape index (κ1) is 25.4. The van der Waals surface area contributed by atoms with Crippen LogP contribution in [0.15, 0.2) is 24.3 Å². The molecule has 0 spiro atoms. The Morgan fingerprint density at radius 1 is 0.719 bits per heavy atom. The molecule has 1 aromatic carbocycles. The van der Waals surface area contributed by atoms with Crippen molar-refractivity contribution < 1.29 is 17.9 Å². The Labute approximate surface area is 193 Å². The van der Waals surface area contributed by atoms with Crippen molar-refractivity contribution in [1.82, 2.24) is 0 Å². The molecule has 0 amide bonds. The van der Waals surface area contributed by atoms with Crippen molar-refractivity contribution in [1.29, 1.82) is 0 Å². The van der Waals surface area contributed by atoms with Gasteiger partial charge < -0.3 is 4.74 Å². The Kier molecular flexibility index (Phi) is 10.2. The van der Waals surface area contributed by atoms with E-state index in [1.807, 2.05) is 12.1 Å². The molecule has 2 aliphatic rings. The van der Waals surface area contributed by atoms with Gasteiger partial charge in [-0.15, -0.1) is 13.2 Å². The van der Waals surface area contributed by atoms with Crippen molar-refractivity contribution in [3.8, 4) is 5.75 Å². The van der Waals surface area contributed by atoms with Crippen molar-refractivity contribution in [3.05, 3.63) is 29.8 Å². The molecule has 2 fully saturated rings. The molecule has 0 bridgehead atoms. The summed E-state index contributed by atoms with van der Waals surface area (Å²) in [6, 6.07) is 6.56. The van der Waals surface area contributed by atoms with Crippen LogP contribution in [0.2, 0.25) is 0 Å². The van der Waals surface area contributed by atoms with Crippen LogP contribution in [0, 0.1) is 17.8 Å². The first-order chi connectivity index (χ1) is 15.4. The molecule has 2 aliphatic carbocycles. The van der Waals surface area contributed by atoms with Gasteiger partial charge in [-0.25, -0.2) is 0 Å². The van der Waals surface area contributed by atoms with Crippen LogP contribution in [0.5, 0.6) is 5.75 Å². The highest BCUT2D eigenvalue weighted by atomic mass is 19.4. The van der Waals surface area contributed by atoms with E-state index in [2.05, 4.69) is 11.7 Å². The van der Waals surface area contributed by atoms with E-state index < -0.39 is 6.36 Å². The molecule has 3 rings (SSSR count). The molecular formula is C28H43F3O. The van der Waals surface area contributed by atoms with Gasteiger partial charge in [0.1, 0.15) is 5.75 Å². The third-order valence-electron chi connectivity index (χ3n) is 8.13. The Balaban J connectivity index is 1.31. The second-order valence-corrected chi connectivity index (χ2v) is 10.4. The number of halogens is 3. The zero-order chi connectivity index (χ0) is 22.8. The lowest BCUT2D eigenvalue weighted by atomic mass is 9.68. The predicted molar refractivity (Wildman–Crippen MR) is 126 cm³/mol. The third kappa shape index (κ3) is 8.63. The number of benzene rings is 1. The quantitative estimate of drug-likeness (QED) is 0.304. The summed E-state index contributed by atoms with van der Waals surface area (Å²) in [5, 5.41) is 0. The van der Waals surface area contributed by atoms with E-state index in [1.54, 1.807) is 0 Å². The molecule has 1 aromatic rings. The van der Waals surface area contributed by atoms with Crippen molar-refractivity contribution >= 4 is 0 Å². The molecule has 0 unspecified atom stereocenters. The monoisotopic (exact) mass is 452 g/mol. The Morgan fingerprint density at radius 3 is 1.81 bits per heavy atom. The molecule has 0 N–H and O–H groups in total. The molecule has 0 heterocycles. The third-order valence-corrected chi connectivity index (χ3v) is 8.13. The van der Waals surface area contributed by atoms with Crippen LogP contribution >= 0.6 is 0 Å². The van der Waals surface area contributed by atoms with E-state index in [0.29, 0.717) is 5.92 Å². The minimum Gasteiger partial charge on any atom is -0.406 e. The molecule has 1 nitrogen and oxygen atoms in total. The van der Waals surface area contributed by atoms with Crippen molar-refractivity contribution in [2.24, 2.45) is 17.8 Å². The maximum atomic E-state index is 12.3. The largest absolute Gasteiger partial charge is 0.573 e. The second-order valence-electron chi connectivity index (χ2n) is 10.4. The van der Waals surface area contributed by atoms with Gasteiger partial charge >= 0.3 is 6.36 Å². The number of rotatable bonds is 11. The molecule has 0 atom stereocenters. The summed E-state index contributed by atoms with van der Waals surface area (Å²) in [4.78, 5) is 0. The zero-order valence-corrected chi connectivity index (χ0v) is 20.0. The number of hydrogen-bond donors (Lipinski definition) is 0. The number of unbranched alkanes of at least 4 members (excludes halogenated alkanes) is 6. The van der Waals surface area contributed by atoms with Gasteiger partial charge in [0.25, 0.3) is 0 Å². The van der Waals surface area contributed by atoms with Crippen LogP contribution in [0.25, 0.3) is 0 Å². The number of hydrogen-bond acceptors (Lipinski definition) is 1. The van der Waals surface area contributed by atoms with Crippen LogP contribution in [-0.4, -0.2) is 6.36 Å². The molecule has 0 radical (unpaired) electrons. The maximum absolute atomic E-state index is 12.3. The minimum atomic E-state index is -4.62. The van der Waals surface area contributed by atoms with E-state index in [9.17, 15) is 13.2 Å². The van der Waals surface area contributed by atoms with E-state index in [1.165, 1.54) is 115 Å². The van der Waals surface area contributed by atoms with Crippen molar-refractivity contribution in [2.45, 2.75) is 122 Å². The van der Waals surface area contributed by atoms with Crippen molar-refractivity contribution in [2.75, 3.05) is 0 Å². The fourth-order valence-corrected chi connectivity index (χ4v) is 6.20. The first-order valence-corrected chi connectivity index (χ1v) is 13.3. The molecule has 0 aliphatic heterocycles. The SMILES string of the molecule is CCCCCCCCC[C@H]1CC[C@H]([C@H]2CC[C@H](c3ccc(OC(F)(F)F)cc3)CC2)CC1. The second kappa shape index (κ2) is 12.9. The maximum Gasteiger partial charge on any atom is 0.573 e. The van der Waals surface area contributed by atoms with Gasteiger partial charge in [0.05, 0.1) is 0 Å². The van der Waals surface area contributed by atoms with Gasteiger partial charge in [0.15, 0.2) is 0 Å². The highest BCUT2D eigenvalue weighted by molar-refractivity contribution is 5.29. The van der Waals surface area contributed by atoms with Gasteiger partial charge in [-0.2, -0.15) is 0 Å². The molecule has 2 saturated carbocycles. The number of ether oxygens (including phenoxy) is 1. The zero-order valence-electron chi connectivity index (χ0n) is 20.0. The lowest BCUT2D eigenvalue weighted by molar-refractivity contribution is -0.274. The van der Waals surface area contributed by atoms with Crippen LogP contribution in [0.1, 0.15) is 121 Å². The Morgan fingerprint density at radius 2 is 1.25 bits per heavy atom. The fraction of sp³-hybridized carbons (Fsp3) is 0.786. The summed E-state index contributed by atoms with van der Waals surface area (Å²) in [5.41, 5.74) is 1.16. The van der Waals surface area contributed by atoms with Gasteiger partial charge in [-0.3, -0.25) is 0 Å². The average molecular weight is 453 g/mol. The van der Waals surface area contributed by atoms with Crippen LogP contribution < -0.4 is 4.74 Å². The predicted octanol–water partition coefficient (Wildman–Crippen LogP) is 9.81. The lowest BCUT2D eigenvalue weighted by Gasteiger charge is -2.38. The van der Waals surface area contributed by atoms with Crippen molar-refractivity contribution in [3.63, 3.8) is 0 Å². The highest BCUT2D eigenvalue weighted by Crippen LogP contribution is 2.44. The van der Waals surface area contributed by atoms with E-state index >= 15 is 0 Å². The van der Waals surface area contributed by atoms with Gasteiger partial charge in [-0.1, -0.05) is 83.3 Å². The van der Waals surface area contributed by atoms with E-state index in [-0.39, 0.29) is 5.75 Å². The summed E-state index contributed by atoms with van der Waals surface area (Å²) >= 11 is 0. The summed E-state index contributed by atoms with van der Waals surface area (Å²) in [7, 11) is 0.